The first-order chi connectivity index (χ1) is 5.81. The first kappa shape index (κ1) is 8.89. The molecule has 1 radical (unpaired) electrons. The summed E-state index contributed by atoms with van der Waals surface area (Å²) in [5.41, 5.74) is 1.56. The molecule has 1 rings (SSSR count). The van der Waals surface area contributed by atoms with Crippen LogP contribution in [0.25, 0.3) is 0 Å². The van der Waals surface area contributed by atoms with Gasteiger partial charge in [0, 0.05) is 4.90 Å². The lowest BCUT2D eigenvalue weighted by Crippen LogP contribution is -1.82. The van der Waals surface area contributed by atoms with Gasteiger partial charge in [-0.1, -0.05) is 12.6 Å². The molecule has 0 amide bonds. The third kappa shape index (κ3) is 1.69. The van der Waals surface area contributed by atoms with Crippen molar-refractivity contribution >= 4 is 11.8 Å². The second-order valence-electron chi connectivity index (χ2n) is 2.20. The summed E-state index contributed by atoms with van der Waals surface area (Å²) in [6.07, 6.45) is 4.69. The molecule has 12 heavy (non-hydrogen) atoms. The smallest absolute Gasteiger partial charge is 0.100 e. The van der Waals surface area contributed by atoms with Crippen molar-refractivity contribution in [3.05, 3.63) is 42.0 Å². The normalized spacial score (nSPS) is 9.00. The molecule has 1 aromatic rings. The van der Waals surface area contributed by atoms with Gasteiger partial charge in [-0.15, -0.1) is 11.8 Å². The number of nitriles is 1. The molecule has 0 N–H and O–H groups in total. The fourth-order valence-corrected chi connectivity index (χ4v) is 1.43. The average Bonchev–Trinajstić information content (AvgIpc) is 2.16. The molecule has 0 aromatic heterocycles. The van der Waals surface area contributed by atoms with Crippen molar-refractivity contribution in [2.45, 2.75) is 4.90 Å². The molecule has 0 aliphatic rings. The van der Waals surface area contributed by atoms with Crippen molar-refractivity contribution in [2.75, 3.05) is 6.26 Å². The Balaban J connectivity index is 3.21. The number of benzene rings is 1. The van der Waals surface area contributed by atoms with Crippen LogP contribution >= 0.6 is 11.8 Å². The van der Waals surface area contributed by atoms with Crippen molar-refractivity contribution in [1.82, 2.24) is 0 Å². The lowest BCUT2D eigenvalue weighted by molar-refractivity contribution is 1.35. The molecule has 0 spiro atoms. The quantitative estimate of drug-likeness (QED) is 0.643. The summed E-state index contributed by atoms with van der Waals surface area (Å²) in [5.74, 6) is 0. The van der Waals surface area contributed by atoms with Crippen molar-refractivity contribution in [1.29, 1.82) is 5.26 Å². The Morgan fingerprint density at radius 2 is 2.25 bits per heavy atom. The van der Waals surface area contributed by atoms with Gasteiger partial charge in [0.1, 0.15) is 6.07 Å². The molecule has 0 saturated carbocycles. The Bertz CT molecular complexity index is 336. The number of rotatable bonds is 2. The fourth-order valence-electron chi connectivity index (χ4n) is 0.905. The second-order valence-corrected chi connectivity index (χ2v) is 3.05. The molecule has 0 unspecified atom stereocenters. The molecule has 0 saturated heterocycles. The largest absolute Gasteiger partial charge is 0.192 e. The molecular weight excluding hydrogens is 166 g/mol. The summed E-state index contributed by atoms with van der Waals surface area (Å²) >= 11 is 1.57. The van der Waals surface area contributed by atoms with Crippen LogP contribution in [-0.4, -0.2) is 6.26 Å². The van der Waals surface area contributed by atoms with Gasteiger partial charge in [0.2, 0.25) is 0 Å². The predicted octanol–water partition coefficient (Wildman–Crippen LogP) is 2.62. The van der Waals surface area contributed by atoms with Gasteiger partial charge in [-0.3, -0.25) is 0 Å². The minimum Gasteiger partial charge on any atom is -0.192 e. The van der Waals surface area contributed by atoms with E-state index < -0.39 is 0 Å². The summed E-state index contributed by atoms with van der Waals surface area (Å²) in [4.78, 5) is 0.997. The van der Waals surface area contributed by atoms with Crippen molar-refractivity contribution in [2.24, 2.45) is 0 Å². The van der Waals surface area contributed by atoms with Gasteiger partial charge in [0.05, 0.1) is 5.56 Å². The highest BCUT2D eigenvalue weighted by Crippen LogP contribution is 2.20. The zero-order chi connectivity index (χ0) is 8.97. The number of thioether (sulfide) groups is 1. The zero-order valence-corrected chi connectivity index (χ0v) is 7.61. The van der Waals surface area contributed by atoms with E-state index in [1.165, 1.54) is 0 Å². The van der Waals surface area contributed by atoms with Crippen LogP contribution in [0.2, 0.25) is 0 Å². The number of hydrogen-bond donors (Lipinski definition) is 0. The fraction of sp³-hybridized carbons (Fsp3) is 0.100. The van der Waals surface area contributed by atoms with Gasteiger partial charge < -0.3 is 0 Å². The Morgan fingerprint density at radius 1 is 1.50 bits per heavy atom. The maximum absolute atomic E-state index is 8.76. The monoisotopic (exact) mass is 174 g/mol. The minimum atomic E-state index is 0.691. The van der Waals surface area contributed by atoms with Crippen LogP contribution in [0, 0.1) is 17.4 Å². The summed E-state index contributed by atoms with van der Waals surface area (Å²) in [6.45, 7) is 3.52. The molecule has 0 heterocycles. The van der Waals surface area contributed by atoms with Crippen LogP contribution in [0.3, 0.4) is 0 Å². The van der Waals surface area contributed by atoms with Gasteiger partial charge in [-0.05, 0) is 30.0 Å². The number of nitrogens with zero attached hydrogens (tertiary/aromatic N) is 1. The Labute approximate surface area is 76.7 Å². The first-order valence-corrected chi connectivity index (χ1v) is 4.65. The third-order valence-corrected chi connectivity index (χ3v) is 2.32. The predicted molar refractivity (Wildman–Crippen MR) is 50.9 cm³/mol. The SMILES string of the molecule is C=[C]c1ccc(SC)c(C#N)c1. The third-order valence-electron chi connectivity index (χ3n) is 1.52. The van der Waals surface area contributed by atoms with E-state index in [2.05, 4.69) is 18.7 Å². The van der Waals surface area contributed by atoms with Gasteiger partial charge in [-0.2, -0.15) is 5.26 Å². The van der Waals surface area contributed by atoms with E-state index >= 15 is 0 Å². The van der Waals surface area contributed by atoms with Crippen LogP contribution in [-0.2, 0) is 0 Å². The molecule has 2 heteroatoms. The molecule has 0 aliphatic heterocycles. The van der Waals surface area contributed by atoms with Crippen LogP contribution in [0.15, 0.2) is 29.7 Å². The van der Waals surface area contributed by atoms with Gasteiger partial charge in [0.25, 0.3) is 0 Å². The summed E-state index contributed by atoms with van der Waals surface area (Å²) in [6, 6.07) is 7.74. The highest BCUT2D eigenvalue weighted by atomic mass is 32.2. The van der Waals surface area contributed by atoms with Gasteiger partial charge in [0.15, 0.2) is 0 Å². The van der Waals surface area contributed by atoms with Crippen LogP contribution < -0.4 is 0 Å². The van der Waals surface area contributed by atoms with Gasteiger partial charge >= 0.3 is 0 Å². The molecular formula is C10H8NS. The Hall–Kier alpha value is -1.20. The Morgan fingerprint density at radius 3 is 2.75 bits per heavy atom. The van der Waals surface area contributed by atoms with Crippen molar-refractivity contribution in [3.63, 3.8) is 0 Å². The summed E-state index contributed by atoms with van der Waals surface area (Å²) < 4.78 is 0. The van der Waals surface area contributed by atoms with E-state index in [1.807, 2.05) is 18.4 Å². The lowest BCUT2D eigenvalue weighted by atomic mass is 10.1. The van der Waals surface area contributed by atoms with Crippen LogP contribution in [0.5, 0.6) is 0 Å². The summed E-state index contributed by atoms with van der Waals surface area (Å²) in [7, 11) is 0. The van der Waals surface area contributed by atoms with E-state index in [1.54, 1.807) is 17.8 Å². The van der Waals surface area contributed by atoms with Crippen molar-refractivity contribution < 1.29 is 0 Å². The van der Waals surface area contributed by atoms with Crippen molar-refractivity contribution in [3.8, 4) is 6.07 Å². The number of hydrogen-bond acceptors (Lipinski definition) is 2. The maximum atomic E-state index is 8.76. The highest BCUT2D eigenvalue weighted by Gasteiger charge is 1.99. The maximum Gasteiger partial charge on any atom is 0.100 e. The molecule has 0 atom stereocenters. The Kier molecular flexibility index (Phi) is 2.95. The first-order valence-electron chi connectivity index (χ1n) is 3.43. The topological polar surface area (TPSA) is 23.8 Å². The molecule has 0 fully saturated rings. The van der Waals surface area contributed by atoms with Crippen LogP contribution in [0.1, 0.15) is 11.1 Å². The van der Waals surface area contributed by atoms with E-state index in [0.29, 0.717) is 5.56 Å². The zero-order valence-electron chi connectivity index (χ0n) is 6.79. The minimum absolute atomic E-state index is 0.691. The summed E-state index contributed by atoms with van der Waals surface area (Å²) in [5, 5.41) is 8.76. The van der Waals surface area contributed by atoms with E-state index in [4.69, 9.17) is 5.26 Å². The molecule has 1 aromatic carbocycles. The van der Waals surface area contributed by atoms with E-state index in [0.717, 1.165) is 10.5 Å². The standard InChI is InChI=1S/C10H8NS/c1-3-8-4-5-10(12-2)9(6-8)7-11/h4-6H,1H2,2H3. The average molecular weight is 174 g/mol. The van der Waals surface area contributed by atoms with Crippen LogP contribution in [0.4, 0.5) is 0 Å². The highest BCUT2D eigenvalue weighted by molar-refractivity contribution is 7.98. The lowest BCUT2D eigenvalue weighted by Gasteiger charge is -1.99. The molecule has 0 aliphatic carbocycles. The van der Waals surface area contributed by atoms with Gasteiger partial charge in [-0.25, -0.2) is 0 Å². The second kappa shape index (κ2) is 3.99. The molecule has 0 bridgehead atoms. The molecule has 59 valence electrons. The van der Waals surface area contributed by atoms with E-state index in [-0.39, 0.29) is 0 Å². The molecule has 1 nitrogen and oxygen atoms in total. The van der Waals surface area contributed by atoms with E-state index in [9.17, 15) is 0 Å².